The van der Waals surface area contributed by atoms with E-state index in [1.165, 1.54) is 12.8 Å². The minimum Gasteiger partial charge on any atom is -0.379 e. The summed E-state index contributed by atoms with van der Waals surface area (Å²) in [6, 6.07) is 0. The van der Waals surface area contributed by atoms with Crippen molar-refractivity contribution in [2.75, 3.05) is 66.1 Å². The third-order valence-corrected chi connectivity index (χ3v) is 3.63. The average molecular weight is 363 g/mol. The standard InChI is InChI=1S/C20H42O5/c1-19(2)7-5-9-21-11-13-23-15-17-25-18-16-24-14-12-22-10-6-8-20(3)4/h19-20H,5-18H2,1-4H3. The fourth-order valence-electron chi connectivity index (χ4n) is 2.17. The second-order valence-electron chi connectivity index (χ2n) is 7.13. The van der Waals surface area contributed by atoms with Gasteiger partial charge in [0, 0.05) is 13.2 Å². The molecule has 0 aliphatic heterocycles. The Morgan fingerprint density at radius 1 is 0.400 bits per heavy atom. The lowest BCUT2D eigenvalue weighted by molar-refractivity contribution is -0.0116. The zero-order valence-electron chi connectivity index (χ0n) is 17.1. The van der Waals surface area contributed by atoms with Crippen LogP contribution in [0.4, 0.5) is 0 Å². The Labute approximate surface area is 155 Å². The fraction of sp³-hybridized carbons (Fsp3) is 1.00. The molecule has 152 valence electrons. The van der Waals surface area contributed by atoms with Crippen LogP contribution in [0.1, 0.15) is 53.4 Å². The van der Waals surface area contributed by atoms with Gasteiger partial charge in [-0.15, -0.1) is 0 Å². The zero-order valence-corrected chi connectivity index (χ0v) is 17.1. The van der Waals surface area contributed by atoms with Crippen molar-refractivity contribution in [3.63, 3.8) is 0 Å². The van der Waals surface area contributed by atoms with Gasteiger partial charge in [0.15, 0.2) is 0 Å². The van der Waals surface area contributed by atoms with Crippen LogP contribution in [0, 0.1) is 11.8 Å². The van der Waals surface area contributed by atoms with Crippen LogP contribution in [-0.4, -0.2) is 66.1 Å². The monoisotopic (exact) mass is 362 g/mol. The number of hydrogen-bond acceptors (Lipinski definition) is 5. The van der Waals surface area contributed by atoms with Crippen molar-refractivity contribution in [2.24, 2.45) is 11.8 Å². The van der Waals surface area contributed by atoms with Gasteiger partial charge >= 0.3 is 0 Å². The molecule has 0 saturated heterocycles. The third kappa shape index (κ3) is 23.8. The molecule has 0 heterocycles. The molecule has 0 atom stereocenters. The van der Waals surface area contributed by atoms with Crippen molar-refractivity contribution in [1.82, 2.24) is 0 Å². The van der Waals surface area contributed by atoms with Gasteiger partial charge < -0.3 is 23.7 Å². The maximum Gasteiger partial charge on any atom is 0.0701 e. The second-order valence-corrected chi connectivity index (χ2v) is 7.13. The van der Waals surface area contributed by atoms with E-state index in [1.807, 2.05) is 0 Å². The Bertz CT molecular complexity index is 222. The Morgan fingerprint density at radius 3 is 0.880 bits per heavy atom. The predicted molar refractivity (Wildman–Crippen MR) is 102 cm³/mol. The highest BCUT2D eigenvalue weighted by Gasteiger charge is 1.96. The fourth-order valence-corrected chi connectivity index (χ4v) is 2.17. The van der Waals surface area contributed by atoms with Crippen molar-refractivity contribution >= 4 is 0 Å². The summed E-state index contributed by atoms with van der Waals surface area (Å²) >= 11 is 0. The van der Waals surface area contributed by atoms with E-state index in [9.17, 15) is 0 Å². The first-order valence-corrected chi connectivity index (χ1v) is 10.0. The van der Waals surface area contributed by atoms with Gasteiger partial charge in [-0.3, -0.25) is 0 Å². The highest BCUT2D eigenvalue weighted by molar-refractivity contribution is 4.45. The molecule has 0 amide bonds. The van der Waals surface area contributed by atoms with Gasteiger partial charge in [0.25, 0.3) is 0 Å². The summed E-state index contributed by atoms with van der Waals surface area (Å²) in [5.41, 5.74) is 0. The Kier molecular flexibility index (Phi) is 20.0. The first kappa shape index (κ1) is 24.8. The van der Waals surface area contributed by atoms with Crippen LogP contribution in [0.2, 0.25) is 0 Å². The number of rotatable bonds is 20. The SMILES string of the molecule is CC(C)CCCOCCOCCOCCOCCOCCCC(C)C. The van der Waals surface area contributed by atoms with Crippen LogP contribution in [-0.2, 0) is 23.7 Å². The molecule has 0 bridgehead atoms. The largest absolute Gasteiger partial charge is 0.379 e. The van der Waals surface area contributed by atoms with E-state index in [-0.39, 0.29) is 0 Å². The number of ether oxygens (including phenoxy) is 5. The van der Waals surface area contributed by atoms with Gasteiger partial charge in [0.2, 0.25) is 0 Å². The van der Waals surface area contributed by atoms with Gasteiger partial charge in [0.1, 0.15) is 0 Å². The van der Waals surface area contributed by atoms with Gasteiger partial charge in [-0.1, -0.05) is 27.7 Å². The van der Waals surface area contributed by atoms with Gasteiger partial charge in [0.05, 0.1) is 52.9 Å². The molecule has 0 aromatic carbocycles. The Balaban J connectivity index is 2.98. The van der Waals surface area contributed by atoms with E-state index in [4.69, 9.17) is 23.7 Å². The van der Waals surface area contributed by atoms with Gasteiger partial charge in [-0.05, 0) is 37.5 Å². The minimum atomic E-state index is 0.600. The van der Waals surface area contributed by atoms with Crippen molar-refractivity contribution in [3.05, 3.63) is 0 Å². The molecule has 0 aliphatic carbocycles. The lowest BCUT2D eigenvalue weighted by atomic mass is 10.1. The van der Waals surface area contributed by atoms with E-state index in [2.05, 4.69) is 27.7 Å². The minimum absolute atomic E-state index is 0.600. The van der Waals surface area contributed by atoms with Crippen molar-refractivity contribution in [2.45, 2.75) is 53.4 Å². The first-order chi connectivity index (χ1) is 12.1. The van der Waals surface area contributed by atoms with Crippen LogP contribution < -0.4 is 0 Å². The van der Waals surface area contributed by atoms with Crippen LogP contribution in [0.15, 0.2) is 0 Å². The molecule has 25 heavy (non-hydrogen) atoms. The molecule has 0 aromatic heterocycles. The van der Waals surface area contributed by atoms with Gasteiger partial charge in [-0.2, -0.15) is 0 Å². The van der Waals surface area contributed by atoms with Crippen molar-refractivity contribution in [1.29, 1.82) is 0 Å². The molecule has 0 saturated carbocycles. The van der Waals surface area contributed by atoms with E-state index < -0.39 is 0 Å². The van der Waals surface area contributed by atoms with E-state index in [1.54, 1.807) is 0 Å². The smallest absolute Gasteiger partial charge is 0.0701 e. The molecular formula is C20H42O5. The summed E-state index contributed by atoms with van der Waals surface area (Å²) in [5, 5.41) is 0. The average Bonchev–Trinajstić information content (AvgIpc) is 2.56. The maximum atomic E-state index is 5.51. The Hall–Kier alpha value is -0.200. The molecule has 0 rings (SSSR count). The summed E-state index contributed by atoms with van der Waals surface area (Å²) in [4.78, 5) is 0. The van der Waals surface area contributed by atoms with E-state index in [0.717, 1.165) is 37.9 Å². The van der Waals surface area contributed by atoms with Crippen LogP contribution in [0.25, 0.3) is 0 Å². The molecular weight excluding hydrogens is 320 g/mol. The molecule has 0 aromatic rings. The first-order valence-electron chi connectivity index (χ1n) is 10.0. The summed E-state index contributed by atoms with van der Waals surface area (Å²) in [7, 11) is 0. The van der Waals surface area contributed by atoms with Gasteiger partial charge in [-0.25, -0.2) is 0 Å². The normalized spacial score (nSPS) is 11.8. The van der Waals surface area contributed by atoms with Crippen LogP contribution in [0.3, 0.4) is 0 Å². The summed E-state index contributed by atoms with van der Waals surface area (Å²) in [6.07, 6.45) is 4.70. The van der Waals surface area contributed by atoms with Crippen LogP contribution >= 0.6 is 0 Å². The molecule has 5 heteroatoms. The molecule has 0 spiro atoms. The van der Waals surface area contributed by atoms with Crippen LogP contribution in [0.5, 0.6) is 0 Å². The lowest BCUT2D eigenvalue weighted by Crippen LogP contribution is -2.13. The molecule has 0 N–H and O–H groups in total. The molecule has 0 unspecified atom stereocenters. The number of hydrogen-bond donors (Lipinski definition) is 0. The molecule has 5 nitrogen and oxygen atoms in total. The second kappa shape index (κ2) is 20.1. The van der Waals surface area contributed by atoms with Crippen molar-refractivity contribution in [3.8, 4) is 0 Å². The highest BCUT2D eigenvalue weighted by atomic mass is 16.6. The summed E-state index contributed by atoms with van der Waals surface area (Å²) in [6.45, 7) is 15.6. The predicted octanol–water partition coefficient (Wildman–Crippen LogP) is 3.94. The summed E-state index contributed by atoms with van der Waals surface area (Å²) < 4.78 is 27.4. The topological polar surface area (TPSA) is 46.2 Å². The molecule has 0 radical (unpaired) electrons. The zero-order chi connectivity index (χ0) is 18.6. The third-order valence-electron chi connectivity index (χ3n) is 3.63. The van der Waals surface area contributed by atoms with Crippen molar-refractivity contribution < 1.29 is 23.7 Å². The summed E-state index contributed by atoms with van der Waals surface area (Å²) in [5.74, 6) is 1.51. The highest BCUT2D eigenvalue weighted by Crippen LogP contribution is 2.03. The maximum absolute atomic E-state index is 5.51. The molecule has 0 fully saturated rings. The Morgan fingerprint density at radius 2 is 0.640 bits per heavy atom. The van der Waals surface area contributed by atoms with E-state index >= 15 is 0 Å². The quantitative estimate of drug-likeness (QED) is 0.307. The molecule has 0 aliphatic rings. The lowest BCUT2D eigenvalue weighted by Gasteiger charge is -2.08. The van der Waals surface area contributed by atoms with E-state index in [0.29, 0.717) is 52.9 Å².